The van der Waals surface area contributed by atoms with Gasteiger partial charge in [-0.25, -0.2) is 4.79 Å². The summed E-state index contributed by atoms with van der Waals surface area (Å²) < 4.78 is 15.5. The number of rotatable bonds is 8. The number of urea groups is 1. The van der Waals surface area contributed by atoms with E-state index in [0.29, 0.717) is 36.9 Å². The van der Waals surface area contributed by atoms with Gasteiger partial charge in [0.1, 0.15) is 11.5 Å². The maximum atomic E-state index is 11.7. The minimum absolute atomic E-state index is 0.267. The van der Waals surface area contributed by atoms with E-state index >= 15 is 0 Å². The van der Waals surface area contributed by atoms with Crippen LogP contribution in [0.25, 0.3) is 0 Å². The molecule has 0 aliphatic rings. The maximum absolute atomic E-state index is 11.7. The van der Waals surface area contributed by atoms with Gasteiger partial charge in [0.15, 0.2) is 0 Å². The van der Waals surface area contributed by atoms with E-state index in [1.54, 1.807) is 32.4 Å². The summed E-state index contributed by atoms with van der Waals surface area (Å²) in [5.74, 6) is 1.24. The van der Waals surface area contributed by atoms with Crippen molar-refractivity contribution in [2.75, 3.05) is 39.3 Å². The van der Waals surface area contributed by atoms with Crippen LogP contribution >= 0.6 is 0 Å². The van der Waals surface area contributed by atoms with Gasteiger partial charge < -0.3 is 24.8 Å². The smallest absolute Gasteiger partial charge is 0.319 e. The lowest BCUT2D eigenvalue weighted by molar-refractivity contribution is 0.145. The lowest BCUT2D eigenvalue weighted by atomic mass is 10.3. The summed E-state index contributed by atoms with van der Waals surface area (Å²) in [6, 6.07) is 4.92. The third-order valence-electron chi connectivity index (χ3n) is 2.56. The fourth-order valence-electron chi connectivity index (χ4n) is 1.58. The molecular formula is C14H22N2O4. The van der Waals surface area contributed by atoms with E-state index in [2.05, 4.69) is 10.6 Å². The number of hydrogen-bond acceptors (Lipinski definition) is 4. The highest BCUT2D eigenvalue weighted by Crippen LogP contribution is 2.25. The summed E-state index contributed by atoms with van der Waals surface area (Å²) in [5.41, 5.74) is 0.614. The predicted octanol–water partition coefficient (Wildman–Crippen LogP) is 2.25. The minimum Gasteiger partial charge on any atom is -0.497 e. The van der Waals surface area contributed by atoms with Crippen molar-refractivity contribution in [3.8, 4) is 11.5 Å². The van der Waals surface area contributed by atoms with Gasteiger partial charge >= 0.3 is 6.03 Å². The van der Waals surface area contributed by atoms with E-state index in [4.69, 9.17) is 14.2 Å². The quantitative estimate of drug-likeness (QED) is 0.718. The molecule has 1 aromatic carbocycles. The second-order valence-electron chi connectivity index (χ2n) is 4.03. The molecule has 0 saturated heterocycles. The summed E-state index contributed by atoms with van der Waals surface area (Å²) in [6.45, 7) is 3.84. The van der Waals surface area contributed by atoms with Crippen molar-refractivity contribution in [3.63, 3.8) is 0 Å². The van der Waals surface area contributed by atoms with Crippen molar-refractivity contribution in [3.05, 3.63) is 18.2 Å². The predicted molar refractivity (Wildman–Crippen MR) is 77.7 cm³/mol. The van der Waals surface area contributed by atoms with Crippen molar-refractivity contribution in [1.82, 2.24) is 5.32 Å². The average molecular weight is 282 g/mol. The molecule has 2 amide bonds. The lowest BCUT2D eigenvalue weighted by Crippen LogP contribution is -2.30. The number of carbonyl (C=O) groups excluding carboxylic acids is 1. The number of hydrogen-bond donors (Lipinski definition) is 2. The Hall–Kier alpha value is -1.95. The van der Waals surface area contributed by atoms with Crippen LogP contribution in [0.3, 0.4) is 0 Å². The molecule has 6 nitrogen and oxygen atoms in total. The summed E-state index contributed by atoms with van der Waals surface area (Å²) in [4.78, 5) is 11.7. The Morgan fingerprint density at radius 3 is 2.35 bits per heavy atom. The largest absolute Gasteiger partial charge is 0.497 e. The van der Waals surface area contributed by atoms with Gasteiger partial charge in [-0.05, 0) is 13.3 Å². The van der Waals surface area contributed by atoms with E-state index < -0.39 is 0 Å². The van der Waals surface area contributed by atoms with Crippen molar-refractivity contribution in [2.24, 2.45) is 0 Å². The van der Waals surface area contributed by atoms with Gasteiger partial charge in [-0.2, -0.15) is 0 Å². The first-order valence-electron chi connectivity index (χ1n) is 6.55. The molecule has 1 aromatic rings. The number of ether oxygens (including phenoxy) is 3. The third-order valence-corrected chi connectivity index (χ3v) is 2.56. The maximum Gasteiger partial charge on any atom is 0.319 e. The van der Waals surface area contributed by atoms with Crippen LogP contribution in [-0.4, -0.2) is 40.0 Å². The second kappa shape index (κ2) is 9.03. The van der Waals surface area contributed by atoms with E-state index in [0.717, 1.165) is 6.42 Å². The van der Waals surface area contributed by atoms with E-state index in [1.165, 1.54) is 0 Å². The van der Waals surface area contributed by atoms with Crippen LogP contribution in [0.2, 0.25) is 0 Å². The van der Waals surface area contributed by atoms with E-state index in [9.17, 15) is 4.79 Å². The fourth-order valence-corrected chi connectivity index (χ4v) is 1.58. The highest BCUT2D eigenvalue weighted by Gasteiger charge is 2.05. The molecular weight excluding hydrogens is 260 g/mol. The number of amides is 2. The Kier molecular flexibility index (Phi) is 7.27. The molecule has 0 radical (unpaired) electrons. The van der Waals surface area contributed by atoms with Crippen LogP contribution < -0.4 is 20.1 Å². The first-order valence-corrected chi connectivity index (χ1v) is 6.55. The molecule has 2 N–H and O–H groups in total. The lowest BCUT2D eigenvalue weighted by Gasteiger charge is -2.10. The van der Waals surface area contributed by atoms with Crippen LogP contribution in [0.1, 0.15) is 13.3 Å². The molecule has 0 fully saturated rings. The van der Waals surface area contributed by atoms with Gasteiger partial charge in [0.25, 0.3) is 0 Å². The number of carbonyl (C=O) groups is 1. The Labute approximate surface area is 119 Å². The normalized spacial score (nSPS) is 9.95. The van der Waals surface area contributed by atoms with Crippen molar-refractivity contribution >= 4 is 11.7 Å². The number of nitrogens with one attached hydrogen (secondary N) is 2. The molecule has 0 unspecified atom stereocenters. The Bertz CT molecular complexity index is 401. The molecule has 0 aliphatic heterocycles. The molecule has 0 spiro atoms. The van der Waals surface area contributed by atoms with Gasteiger partial charge in [-0.1, -0.05) is 0 Å². The molecule has 112 valence electrons. The number of methoxy groups -OCH3 is 2. The Morgan fingerprint density at radius 2 is 1.80 bits per heavy atom. The van der Waals surface area contributed by atoms with Crippen LogP contribution in [-0.2, 0) is 4.74 Å². The molecule has 20 heavy (non-hydrogen) atoms. The molecule has 0 atom stereocenters. The van der Waals surface area contributed by atoms with Gasteiger partial charge in [0.2, 0.25) is 0 Å². The first-order chi connectivity index (χ1) is 9.69. The van der Waals surface area contributed by atoms with Crippen molar-refractivity contribution in [1.29, 1.82) is 0 Å². The van der Waals surface area contributed by atoms with Crippen molar-refractivity contribution in [2.45, 2.75) is 13.3 Å². The van der Waals surface area contributed by atoms with Gasteiger partial charge in [-0.3, -0.25) is 0 Å². The van der Waals surface area contributed by atoms with Crippen molar-refractivity contribution < 1.29 is 19.0 Å². The summed E-state index contributed by atoms with van der Waals surface area (Å²) in [5, 5.41) is 5.48. The SMILES string of the molecule is CCOCCCNC(=O)Nc1cc(OC)cc(OC)c1. The average Bonchev–Trinajstić information content (AvgIpc) is 2.46. The monoisotopic (exact) mass is 282 g/mol. The summed E-state index contributed by atoms with van der Waals surface area (Å²) >= 11 is 0. The molecule has 0 heterocycles. The van der Waals surface area contributed by atoms with Crippen LogP contribution in [0.5, 0.6) is 11.5 Å². The topological polar surface area (TPSA) is 68.8 Å². The molecule has 0 saturated carbocycles. The molecule has 0 aromatic heterocycles. The summed E-state index contributed by atoms with van der Waals surface area (Å²) in [6.07, 6.45) is 0.780. The standard InChI is InChI=1S/C14H22N2O4/c1-4-20-7-5-6-15-14(17)16-11-8-12(18-2)10-13(9-11)19-3/h8-10H,4-7H2,1-3H3,(H2,15,16,17). The second-order valence-corrected chi connectivity index (χ2v) is 4.03. The number of anilines is 1. The molecule has 1 rings (SSSR count). The zero-order valence-electron chi connectivity index (χ0n) is 12.2. The highest BCUT2D eigenvalue weighted by molar-refractivity contribution is 5.89. The highest BCUT2D eigenvalue weighted by atomic mass is 16.5. The Balaban J connectivity index is 2.44. The zero-order chi connectivity index (χ0) is 14.8. The fraction of sp³-hybridized carbons (Fsp3) is 0.500. The van der Waals surface area contributed by atoms with E-state index in [-0.39, 0.29) is 6.03 Å². The molecule has 0 bridgehead atoms. The molecule has 0 aliphatic carbocycles. The summed E-state index contributed by atoms with van der Waals surface area (Å²) in [7, 11) is 3.12. The third kappa shape index (κ3) is 5.79. The Morgan fingerprint density at radius 1 is 1.15 bits per heavy atom. The van der Waals surface area contributed by atoms with Gasteiger partial charge in [0.05, 0.1) is 14.2 Å². The zero-order valence-corrected chi connectivity index (χ0v) is 12.2. The minimum atomic E-state index is -0.267. The van der Waals surface area contributed by atoms with Crippen LogP contribution in [0.15, 0.2) is 18.2 Å². The first kappa shape index (κ1) is 16.1. The van der Waals surface area contributed by atoms with Gasteiger partial charge in [-0.15, -0.1) is 0 Å². The van der Waals surface area contributed by atoms with Gasteiger partial charge in [0, 0.05) is 43.6 Å². The van der Waals surface area contributed by atoms with Crippen LogP contribution in [0.4, 0.5) is 10.5 Å². The number of benzene rings is 1. The van der Waals surface area contributed by atoms with E-state index in [1.807, 2.05) is 6.92 Å². The molecule has 6 heteroatoms. The van der Waals surface area contributed by atoms with Crippen LogP contribution in [0, 0.1) is 0 Å².